The van der Waals surface area contributed by atoms with Crippen molar-refractivity contribution in [3.05, 3.63) is 41.0 Å². The van der Waals surface area contributed by atoms with Gasteiger partial charge in [-0.25, -0.2) is 4.79 Å². The number of aliphatic carboxylic acids is 1. The van der Waals surface area contributed by atoms with Crippen LogP contribution in [0.15, 0.2) is 29.8 Å². The molecule has 0 saturated heterocycles. The van der Waals surface area contributed by atoms with Gasteiger partial charge in [-0.2, -0.15) is 0 Å². The van der Waals surface area contributed by atoms with Gasteiger partial charge >= 0.3 is 5.97 Å². The normalized spacial score (nSPS) is 11.9. The summed E-state index contributed by atoms with van der Waals surface area (Å²) in [6.07, 6.45) is 1.72. The van der Waals surface area contributed by atoms with E-state index in [-0.39, 0.29) is 0 Å². The summed E-state index contributed by atoms with van der Waals surface area (Å²) in [4.78, 5) is 10.7. The number of benzene rings is 1. The minimum absolute atomic E-state index is 0.364. The maximum Gasteiger partial charge on any atom is 0.331 e. The molecule has 1 N–H and O–H groups in total. The predicted molar refractivity (Wildman–Crippen MR) is 61.8 cm³/mol. The van der Waals surface area contributed by atoms with Crippen molar-refractivity contribution in [2.45, 2.75) is 26.7 Å². The van der Waals surface area contributed by atoms with E-state index in [0.29, 0.717) is 11.5 Å². The first kappa shape index (κ1) is 11.5. The van der Waals surface area contributed by atoms with Crippen LogP contribution < -0.4 is 0 Å². The second-order valence-corrected chi connectivity index (χ2v) is 3.92. The fraction of sp³-hybridized carbons (Fsp3) is 0.308. The molecule has 0 heterocycles. The summed E-state index contributed by atoms with van der Waals surface area (Å²) >= 11 is 0. The van der Waals surface area contributed by atoms with Gasteiger partial charge in [-0.3, -0.25) is 0 Å². The van der Waals surface area contributed by atoms with Crippen LogP contribution in [0.4, 0.5) is 0 Å². The highest BCUT2D eigenvalue weighted by Gasteiger charge is 2.05. The van der Waals surface area contributed by atoms with Gasteiger partial charge in [0.25, 0.3) is 0 Å². The van der Waals surface area contributed by atoms with Crippen LogP contribution in [-0.2, 0) is 4.79 Å². The first-order chi connectivity index (χ1) is 7.02. The Morgan fingerprint density at radius 3 is 2.47 bits per heavy atom. The summed E-state index contributed by atoms with van der Waals surface area (Å²) in [7, 11) is 0. The van der Waals surface area contributed by atoms with E-state index in [1.54, 1.807) is 13.0 Å². The first-order valence-electron chi connectivity index (χ1n) is 5.03. The molecule has 0 saturated carbocycles. The molecule has 0 atom stereocenters. The molecule has 0 bridgehead atoms. The average molecular weight is 204 g/mol. The zero-order chi connectivity index (χ0) is 11.4. The minimum Gasteiger partial charge on any atom is -0.478 e. The minimum atomic E-state index is -0.867. The molecule has 0 aromatic heterocycles. The second-order valence-electron chi connectivity index (χ2n) is 3.92. The number of carboxylic acids is 1. The van der Waals surface area contributed by atoms with Crippen molar-refractivity contribution in [3.8, 4) is 0 Å². The van der Waals surface area contributed by atoms with Gasteiger partial charge in [-0.05, 0) is 30.0 Å². The molecule has 15 heavy (non-hydrogen) atoms. The number of rotatable bonds is 3. The van der Waals surface area contributed by atoms with Gasteiger partial charge < -0.3 is 5.11 Å². The smallest absolute Gasteiger partial charge is 0.331 e. The van der Waals surface area contributed by atoms with Gasteiger partial charge in [-0.15, -0.1) is 0 Å². The highest BCUT2D eigenvalue weighted by Crippen LogP contribution is 2.21. The third-order valence-electron chi connectivity index (χ3n) is 2.33. The zero-order valence-corrected chi connectivity index (χ0v) is 9.32. The van der Waals surface area contributed by atoms with Crippen LogP contribution in [0.2, 0.25) is 0 Å². The Morgan fingerprint density at radius 1 is 1.33 bits per heavy atom. The van der Waals surface area contributed by atoms with E-state index in [9.17, 15) is 4.79 Å². The third-order valence-corrected chi connectivity index (χ3v) is 2.33. The Labute approximate surface area is 90.3 Å². The van der Waals surface area contributed by atoms with Crippen LogP contribution in [-0.4, -0.2) is 11.1 Å². The standard InChI is InChI=1S/C13H16O2/c1-9(2)12-7-5-4-6-11(12)8-10(3)13(14)15/h4-9H,1-3H3,(H,14,15). The fourth-order valence-corrected chi connectivity index (χ4v) is 1.46. The van der Waals surface area contributed by atoms with Crippen LogP contribution >= 0.6 is 0 Å². The third kappa shape index (κ3) is 2.94. The lowest BCUT2D eigenvalue weighted by Crippen LogP contribution is -1.97. The molecule has 0 aliphatic rings. The summed E-state index contributed by atoms with van der Waals surface area (Å²) in [6, 6.07) is 7.88. The lowest BCUT2D eigenvalue weighted by Gasteiger charge is -2.09. The largest absolute Gasteiger partial charge is 0.478 e. The summed E-state index contributed by atoms with van der Waals surface area (Å²) < 4.78 is 0. The molecule has 1 aromatic carbocycles. The van der Waals surface area contributed by atoms with E-state index in [1.165, 1.54) is 5.56 Å². The van der Waals surface area contributed by atoms with Gasteiger partial charge in [0.1, 0.15) is 0 Å². The summed E-state index contributed by atoms with van der Waals surface area (Å²) in [6.45, 7) is 5.81. The molecule has 0 fully saturated rings. The van der Waals surface area contributed by atoms with Crippen molar-refractivity contribution in [1.82, 2.24) is 0 Å². The number of carboxylic acid groups (broad SMARTS) is 1. The van der Waals surface area contributed by atoms with Gasteiger partial charge in [0, 0.05) is 5.57 Å². The maximum absolute atomic E-state index is 10.7. The monoisotopic (exact) mass is 204 g/mol. The first-order valence-corrected chi connectivity index (χ1v) is 5.03. The molecule has 2 heteroatoms. The van der Waals surface area contributed by atoms with E-state index >= 15 is 0 Å². The molecule has 0 aliphatic carbocycles. The van der Waals surface area contributed by atoms with Crippen LogP contribution in [0.3, 0.4) is 0 Å². The molecule has 0 radical (unpaired) electrons. The Balaban J connectivity index is 3.14. The predicted octanol–water partition coefficient (Wildman–Crippen LogP) is 3.30. The van der Waals surface area contributed by atoms with Crippen LogP contribution in [0.5, 0.6) is 0 Å². The van der Waals surface area contributed by atoms with E-state index in [0.717, 1.165) is 5.56 Å². The van der Waals surface area contributed by atoms with Crippen molar-refractivity contribution in [3.63, 3.8) is 0 Å². The van der Waals surface area contributed by atoms with Gasteiger partial charge in [-0.1, -0.05) is 38.1 Å². The summed E-state index contributed by atoms with van der Waals surface area (Å²) in [5.41, 5.74) is 2.54. The Bertz CT molecular complexity index is 389. The van der Waals surface area contributed by atoms with Gasteiger partial charge in [0.15, 0.2) is 0 Å². The summed E-state index contributed by atoms with van der Waals surface area (Å²) in [5, 5.41) is 8.80. The van der Waals surface area contributed by atoms with Gasteiger partial charge in [0.2, 0.25) is 0 Å². The molecule has 0 unspecified atom stereocenters. The molecule has 1 aromatic rings. The quantitative estimate of drug-likeness (QED) is 0.767. The lowest BCUT2D eigenvalue weighted by atomic mass is 9.96. The number of hydrogen-bond acceptors (Lipinski definition) is 1. The zero-order valence-electron chi connectivity index (χ0n) is 9.32. The molecule has 0 aliphatic heterocycles. The Morgan fingerprint density at radius 2 is 1.93 bits per heavy atom. The SMILES string of the molecule is CC(=Cc1ccccc1C(C)C)C(=O)O. The van der Waals surface area contributed by atoms with Crippen molar-refractivity contribution in [1.29, 1.82) is 0 Å². The average Bonchev–Trinajstić information content (AvgIpc) is 2.18. The van der Waals surface area contributed by atoms with Gasteiger partial charge in [0.05, 0.1) is 0 Å². The van der Waals surface area contributed by atoms with Crippen molar-refractivity contribution in [2.24, 2.45) is 0 Å². The van der Waals surface area contributed by atoms with E-state index in [2.05, 4.69) is 13.8 Å². The molecule has 0 amide bonds. The van der Waals surface area contributed by atoms with Crippen LogP contribution in [0.25, 0.3) is 6.08 Å². The maximum atomic E-state index is 10.7. The highest BCUT2D eigenvalue weighted by molar-refractivity contribution is 5.91. The van der Waals surface area contributed by atoms with Crippen molar-refractivity contribution < 1.29 is 9.90 Å². The second kappa shape index (κ2) is 4.78. The fourth-order valence-electron chi connectivity index (χ4n) is 1.46. The van der Waals surface area contributed by atoms with Crippen LogP contribution in [0, 0.1) is 0 Å². The number of hydrogen-bond donors (Lipinski definition) is 1. The molecule has 80 valence electrons. The molecular formula is C13H16O2. The summed E-state index contributed by atoms with van der Waals surface area (Å²) in [5.74, 6) is -0.465. The van der Waals surface area contributed by atoms with E-state index < -0.39 is 5.97 Å². The number of carbonyl (C=O) groups is 1. The van der Waals surface area contributed by atoms with E-state index in [4.69, 9.17) is 5.11 Å². The molecular weight excluding hydrogens is 188 g/mol. The topological polar surface area (TPSA) is 37.3 Å². The molecule has 2 nitrogen and oxygen atoms in total. The lowest BCUT2D eigenvalue weighted by molar-refractivity contribution is -0.132. The molecule has 1 rings (SSSR count). The van der Waals surface area contributed by atoms with Crippen molar-refractivity contribution in [2.75, 3.05) is 0 Å². The Hall–Kier alpha value is -1.57. The van der Waals surface area contributed by atoms with Crippen LogP contribution in [0.1, 0.15) is 37.8 Å². The molecule has 0 spiro atoms. The Kier molecular flexibility index (Phi) is 3.67. The highest BCUT2D eigenvalue weighted by atomic mass is 16.4. The van der Waals surface area contributed by atoms with E-state index in [1.807, 2.05) is 24.3 Å². The van der Waals surface area contributed by atoms with Crippen molar-refractivity contribution >= 4 is 12.0 Å².